The molecule has 3 aromatic rings. The molecule has 0 unspecified atom stereocenters. The van der Waals surface area contributed by atoms with Crippen LogP contribution in [0.3, 0.4) is 0 Å². The fourth-order valence-electron chi connectivity index (χ4n) is 3.83. The molecule has 1 amide bonds. The Kier molecular flexibility index (Phi) is 7.19. The third kappa shape index (κ3) is 5.55. The predicted octanol–water partition coefficient (Wildman–Crippen LogP) is 3.58. The fraction of sp³-hybridized carbons (Fsp3) is 0.360. The molecular weight excluding hydrogens is 406 g/mol. The molecule has 2 heterocycles. The highest BCUT2D eigenvalue weighted by atomic mass is 16.5. The highest BCUT2D eigenvalue weighted by molar-refractivity contribution is 5.96. The summed E-state index contributed by atoms with van der Waals surface area (Å²) >= 11 is 0. The average molecular weight is 436 g/mol. The quantitative estimate of drug-likeness (QED) is 0.520. The van der Waals surface area contributed by atoms with E-state index in [0.29, 0.717) is 17.7 Å². The van der Waals surface area contributed by atoms with Gasteiger partial charge in [0.1, 0.15) is 5.75 Å². The molecule has 1 aliphatic rings. The van der Waals surface area contributed by atoms with Gasteiger partial charge in [0.05, 0.1) is 13.2 Å². The number of ether oxygens (including phenoxy) is 2. The van der Waals surface area contributed by atoms with Crippen LogP contribution in [0.15, 0.2) is 54.7 Å². The Labute approximate surface area is 187 Å². The van der Waals surface area contributed by atoms with Crippen molar-refractivity contribution >= 4 is 28.3 Å². The molecule has 0 aliphatic carbocycles. The van der Waals surface area contributed by atoms with Crippen LogP contribution in [-0.2, 0) is 16.1 Å². The molecule has 0 bridgehead atoms. The van der Waals surface area contributed by atoms with E-state index in [9.17, 15) is 9.59 Å². The number of amides is 1. The standard InChI is InChI=1S/C25H29N3O4/c1-2-24(29)19-3-6-22(7-4-19)32-18-25(30)26-21-5-8-23-20(17-21)9-10-28(23)12-11-27-13-15-31-16-14-27/h3-10,17H,2,11-16,18H2,1H3,(H,26,30). The van der Waals surface area contributed by atoms with Crippen LogP contribution in [-0.4, -0.2) is 60.6 Å². The van der Waals surface area contributed by atoms with E-state index in [1.807, 2.05) is 25.1 Å². The van der Waals surface area contributed by atoms with E-state index in [0.717, 1.165) is 56.0 Å². The molecule has 7 heteroatoms. The van der Waals surface area contributed by atoms with Crippen molar-refractivity contribution in [2.75, 3.05) is 44.8 Å². The molecule has 7 nitrogen and oxygen atoms in total. The average Bonchev–Trinajstić information content (AvgIpc) is 3.24. The van der Waals surface area contributed by atoms with Crippen LogP contribution in [0.2, 0.25) is 0 Å². The van der Waals surface area contributed by atoms with E-state index in [4.69, 9.17) is 9.47 Å². The number of fused-ring (bicyclic) bond motifs is 1. The van der Waals surface area contributed by atoms with E-state index in [1.165, 1.54) is 0 Å². The van der Waals surface area contributed by atoms with Crippen LogP contribution in [0.4, 0.5) is 5.69 Å². The minimum atomic E-state index is -0.232. The lowest BCUT2D eigenvalue weighted by atomic mass is 10.1. The third-order valence-corrected chi connectivity index (χ3v) is 5.68. The number of rotatable bonds is 9. The normalized spacial score (nSPS) is 14.4. The number of nitrogens with zero attached hydrogens (tertiary/aromatic N) is 2. The van der Waals surface area contributed by atoms with Gasteiger partial charge in [0.25, 0.3) is 5.91 Å². The van der Waals surface area contributed by atoms with Crippen molar-refractivity contribution in [2.45, 2.75) is 19.9 Å². The summed E-state index contributed by atoms with van der Waals surface area (Å²) in [6.45, 7) is 7.24. The second-order valence-electron chi connectivity index (χ2n) is 7.87. The van der Waals surface area contributed by atoms with Gasteiger partial charge >= 0.3 is 0 Å². The second kappa shape index (κ2) is 10.4. The van der Waals surface area contributed by atoms with Gasteiger partial charge < -0.3 is 19.4 Å². The predicted molar refractivity (Wildman–Crippen MR) is 124 cm³/mol. The minimum absolute atomic E-state index is 0.0830. The molecule has 1 aromatic heterocycles. The molecule has 4 rings (SSSR count). The lowest BCUT2D eigenvalue weighted by Gasteiger charge is -2.26. The van der Waals surface area contributed by atoms with E-state index < -0.39 is 0 Å². The summed E-state index contributed by atoms with van der Waals surface area (Å²) in [5.74, 6) is 0.407. The largest absolute Gasteiger partial charge is 0.484 e. The van der Waals surface area contributed by atoms with Gasteiger partial charge in [0.15, 0.2) is 12.4 Å². The number of hydrogen-bond acceptors (Lipinski definition) is 5. The number of morpholine rings is 1. The van der Waals surface area contributed by atoms with Gasteiger partial charge in [-0.3, -0.25) is 14.5 Å². The molecule has 1 saturated heterocycles. The lowest BCUT2D eigenvalue weighted by molar-refractivity contribution is -0.118. The van der Waals surface area contributed by atoms with Gasteiger partial charge in [0, 0.05) is 61.0 Å². The Morgan fingerprint density at radius 3 is 2.56 bits per heavy atom. The summed E-state index contributed by atoms with van der Waals surface area (Å²) in [7, 11) is 0. The summed E-state index contributed by atoms with van der Waals surface area (Å²) in [6.07, 6.45) is 2.55. The Morgan fingerprint density at radius 2 is 1.81 bits per heavy atom. The van der Waals surface area contributed by atoms with Gasteiger partial charge in [0.2, 0.25) is 0 Å². The summed E-state index contributed by atoms with van der Waals surface area (Å²) in [4.78, 5) is 26.4. The number of ketones is 1. The van der Waals surface area contributed by atoms with Crippen LogP contribution in [0, 0.1) is 0 Å². The summed E-state index contributed by atoms with van der Waals surface area (Å²) < 4.78 is 13.2. The lowest BCUT2D eigenvalue weighted by Crippen LogP contribution is -2.38. The van der Waals surface area contributed by atoms with Gasteiger partial charge in [-0.1, -0.05) is 6.92 Å². The van der Waals surface area contributed by atoms with Crippen LogP contribution in [0.1, 0.15) is 23.7 Å². The maximum absolute atomic E-state index is 12.3. The SMILES string of the molecule is CCC(=O)c1ccc(OCC(=O)Nc2ccc3c(ccn3CCN3CCOCC3)c2)cc1. The third-order valence-electron chi connectivity index (χ3n) is 5.68. The number of aromatic nitrogens is 1. The molecular formula is C25H29N3O4. The molecule has 1 N–H and O–H groups in total. The van der Waals surface area contributed by atoms with Crippen molar-refractivity contribution in [3.05, 3.63) is 60.3 Å². The van der Waals surface area contributed by atoms with Crippen LogP contribution in [0.5, 0.6) is 5.75 Å². The van der Waals surface area contributed by atoms with Crippen molar-refractivity contribution in [2.24, 2.45) is 0 Å². The number of carbonyl (C=O) groups excluding carboxylic acids is 2. The zero-order chi connectivity index (χ0) is 22.3. The topological polar surface area (TPSA) is 72.8 Å². The maximum atomic E-state index is 12.3. The molecule has 0 spiro atoms. The van der Waals surface area contributed by atoms with Gasteiger partial charge in [-0.15, -0.1) is 0 Å². The first-order valence-electron chi connectivity index (χ1n) is 11.1. The van der Waals surface area contributed by atoms with Crippen molar-refractivity contribution in [1.29, 1.82) is 0 Å². The molecule has 1 aliphatic heterocycles. The minimum Gasteiger partial charge on any atom is -0.484 e. The van der Waals surface area contributed by atoms with E-state index in [-0.39, 0.29) is 18.3 Å². The molecule has 1 fully saturated rings. The summed E-state index contributed by atoms with van der Waals surface area (Å²) in [5, 5.41) is 3.97. The number of hydrogen-bond donors (Lipinski definition) is 1. The van der Waals surface area contributed by atoms with Gasteiger partial charge in [-0.25, -0.2) is 0 Å². The smallest absolute Gasteiger partial charge is 0.262 e. The first-order valence-corrected chi connectivity index (χ1v) is 11.1. The van der Waals surface area contributed by atoms with Crippen molar-refractivity contribution in [3.8, 4) is 5.75 Å². The second-order valence-corrected chi connectivity index (χ2v) is 7.87. The number of carbonyl (C=O) groups is 2. The van der Waals surface area contributed by atoms with Gasteiger partial charge in [-0.2, -0.15) is 0 Å². The van der Waals surface area contributed by atoms with Crippen LogP contribution < -0.4 is 10.1 Å². The molecule has 168 valence electrons. The maximum Gasteiger partial charge on any atom is 0.262 e. The Morgan fingerprint density at radius 1 is 1.03 bits per heavy atom. The Balaban J connectivity index is 1.29. The molecule has 0 saturated carbocycles. The van der Waals surface area contributed by atoms with Crippen molar-refractivity contribution in [3.63, 3.8) is 0 Å². The molecule has 32 heavy (non-hydrogen) atoms. The summed E-state index contributed by atoms with van der Waals surface area (Å²) in [5.41, 5.74) is 2.53. The number of anilines is 1. The van der Waals surface area contributed by atoms with E-state index >= 15 is 0 Å². The van der Waals surface area contributed by atoms with Crippen molar-refractivity contribution < 1.29 is 19.1 Å². The first kappa shape index (κ1) is 22.0. The number of nitrogens with one attached hydrogen (secondary N) is 1. The molecule has 0 atom stereocenters. The molecule has 2 aromatic carbocycles. The van der Waals surface area contributed by atoms with E-state index in [2.05, 4.69) is 27.0 Å². The van der Waals surface area contributed by atoms with Gasteiger partial charge in [-0.05, 0) is 48.5 Å². The van der Waals surface area contributed by atoms with Crippen LogP contribution in [0.25, 0.3) is 10.9 Å². The summed E-state index contributed by atoms with van der Waals surface area (Å²) in [6, 6.07) is 14.9. The fourth-order valence-corrected chi connectivity index (χ4v) is 3.83. The number of Topliss-reactive ketones (excluding diaryl/α,β-unsaturated/α-hetero) is 1. The van der Waals surface area contributed by atoms with E-state index in [1.54, 1.807) is 24.3 Å². The monoisotopic (exact) mass is 435 g/mol. The highest BCUT2D eigenvalue weighted by Crippen LogP contribution is 2.21. The molecule has 0 radical (unpaired) electrons. The number of benzene rings is 2. The van der Waals surface area contributed by atoms with Crippen LogP contribution >= 0.6 is 0 Å². The van der Waals surface area contributed by atoms with Crippen molar-refractivity contribution in [1.82, 2.24) is 9.47 Å². The Hall–Kier alpha value is -3.16. The zero-order valence-electron chi connectivity index (χ0n) is 18.4. The highest BCUT2D eigenvalue weighted by Gasteiger charge is 2.11. The zero-order valence-corrected chi connectivity index (χ0v) is 18.4. The Bertz CT molecular complexity index is 1070. The first-order chi connectivity index (χ1) is 15.6.